The quantitative estimate of drug-likeness (QED) is 0.682. The van der Waals surface area contributed by atoms with E-state index < -0.39 is 23.3 Å². The van der Waals surface area contributed by atoms with Gasteiger partial charge in [0.05, 0.1) is 6.04 Å². The Morgan fingerprint density at radius 1 is 1.12 bits per heavy atom. The minimum atomic E-state index is -1.26. The number of rotatable bonds is 0. The molecule has 3 aliphatic rings. The molecule has 2 saturated heterocycles. The summed E-state index contributed by atoms with van der Waals surface area (Å²) in [5.41, 5.74) is 0.803. The molecule has 7 heteroatoms. The summed E-state index contributed by atoms with van der Waals surface area (Å²) in [6.45, 7) is 2.22. The van der Waals surface area contributed by atoms with Crippen LogP contribution in [0.3, 0.4) is 0 Å². The highest BCUT2D eigenvalue weighted by Crippen LogP contribution is 2.45. The number of benzene rings is 1. The van der Waals surface area contributed by atoms with Gasteiger partial charge in [0.2, 0.25) is 11.8 Å². The number of carbonyl (C=O) groups is 3. The van der Waals surface area contributed by atoms with Gasteiger partial charge in [0, 0.05) is 32.4 Å². The minimum Gasteiger partial charge on any atom is -0.364 e. The summed E-state index contributed by atoms with van der Waals surface area (Å²) in [5, 5.41) is 2.38. The SMILES string of the molecule is CN1CCN2c3ccccc3C[C@]3(C(=O)NC(=O)N(C)C3=O)[C@H]2C1. The van der Waals surface area contributed by atoms with Crippen molar-refractivity contribution in [3.63, 3.8) is 0 Å². The maximum Gasteiger partial charge on any atom is 0.330 e. The van der Waals surface area contributed by atoms with Crippen LogP contribution in [0.4, 0.5) is 10.5 Å². The van der Waals surface area contributed by atoms with Gasteiger partial charge >= 0.3 is 6.03 Å². The monoisotopic (exact) mass is 328 g/mol. The third-order valence-corrected chi connectivity index (χ3v) is 5.54. The third-order valence-electron chi connectivity index (χ3n) is 5.54. The van der Waals surface area contributed by atoms with E-state index in [-0.39, 0.29) is 6.04 Å². The summed E-state index contributed by atoms with van der Waals surface area (Å²) >= 11 is 0. The number of barbiturate groups is 1. The zero-order valence-corrected chi connectivity index (χ0v) is 13.8. The van der Waals surface area contributed by atoms with Crippen molar-refractivity contribution in [2.45, 2.75) is 12.5 Å². The number of fused-ring (bicyclic) bond motifs is 4. The zero-order valence-electron chi connectivity index (χ0n) is 13.8. The molecule has 1 aromatic carbocycles. The Labute approximate surface area is 140 Å². The number of hydrogen-bond donors (Lipinski definition) is 1. The van der Waals surface area contributed by atoms with Crippen molar-refractivity contribution >= 4 is 23.5 Å². The summed E-state index contributed by atoms with van der Waals surface area (Å²) in [6.07, 6.45) is 0.320. The van der Waals surface area contributed by atoms with E-state index in [0.29, 0.717) is 13.0 Å². The molecule has 1 aromatic rings. The van der Waals surface area contributed by atoms with Gasteiger partial charge in [0.15, 0.2) is 5.41 Å². The first-order valence-electron chi connectivity index (χ1n) is 8.12. The zero-order chi connectivity index (χ0) is 17.1. The highest BCUT2D eigenvalue weighted by atomic mass is 16.2. The smallest absolute Gasteiger partial charge is 0.330 e. The van der Waals surface area contributed by atoms with Crippen molar-refractivity contribution in [1.82, 2.24) is 15.1 Å². The number of amides is 4. The van der Waals surface area contributed by atoms with Crippen molar-refractivity contribution in [1.29, 1.82) is 0 Å². The lowest BCUT2D eigenvalue weighted by atomic mass is 9.68. The van der Waals surface area contributed by atoms with E-state index in [1.54, 1.807) is 0 Å². The number of imide groups is 2. The number of piperazine rings is 1. The lowest BCUT2D eigenvalue weighted by molar-refractivity contribution is -0.153. The van der Waals surface area contributed by atoms with Crippen molar-refractivity contribution in [3.05, 3.63) is 29.8 Å². The molecule has 0 radical (unpaired) electrons. The summed E-state index contributed by atoms with van der Waals surface area (Å²) in [5.74, 6) is -0.883. The third kappa shape index (κ3) is 1.84. The molecule has 0 bridgehead atoms. The first kappa shape index (κ1) is 15.1. The number of anilines is 1. The van der Waals surface area contributed by atoms with Gasteiger partial charge in [-0.3, -0.25) is 19.8 Å². The predicted octanol–water partition coefficient (Wildman–Crippen LogP) is 0.0577. The van der Waals surface area contributed by atoms with Crippen LogP contribution in [0.15, 0.2) is 24.3 Å². The molecule has 1 spiro atoms. The average molecular weight is 328 g/mol. The molecule has 7 nitrogen and oxygen atoms in total. The summed E-state index contributed by atoms with van der Waals surface area (Å²) in [6, 6.07) is 6.97. The minimum absolute atomic E-state index is 0.283. The van der Waals surface area contributed by atoms with Gasteiger partial charge in [0.1, 0.15) is 0 Å². The molecule has 2 fully saturated rings. The van der Waals surface area contributed by atoms with E-state index >= 15 is 0 Å². The van der Waals surface area contributed by atoms with Crippen LogP contribution >= 0.6 is 0 Å². The van der Waals surface area contributed by atoms with Crippen molar-refractivity contribution < 1.29 is 14.4 Å². The molecule has 24 heavy (non-hydrogen) atoms. The molecule has 3 heterocycles. The summed E-state index contributed by atoms with van der Waals surface area (Å²) < 4.78 is 0. The maximum atomic E-state index is 13.1. The fourth-order valence-electron chi connectivity index (χ4n) is 4.22. The molecular weight excluding hydrogens is 308 g/mol. The van der Waals surface area contributed by atoms with Crippen molar-refractivity contribution in [2.24, 2.45) is 5.41 Å². The van der Waals surface area contributed by atoms with Gasteiger partial charge in [-0.15, -0.1) is 0 Å². The van der Waals surface area contributed by atoms with E-state index in [0.717, 1.165) is 29.2 Å². The van der Waals surface area contributed by atoms with Crippen LogP contribution in [0, 0.1) is 5.41 Å². The normalized spacial score (nSPS) is 30.2. The van der Waals surface area contributed by atoms with Crippen LogP contribution in [0.25, 0.3) is 0 Å². The Kier molecular flexibility index (Phi) is 3.18. The topological polar surface area (TPSA) is 73.0 Å². The van der Waals surface area contributed by atoms with Crippen LogP contribution in [0.5, 0.6) is 0 Å². The van der Waals surface area contributed by atoms with Crippen LogP contribution in [-0.2, 0) is 16.0 Å². The number of nitrogens with one attached hydrogen (secondary N) is 1. The number of hydrogen-bond acceptors (Lipinski definition) is 5. The fraction of sp³-hybridized carbons (Fsp3) is 0.471. The molecular formula is C17H20N4O3. The van der Waals surface area contributed by atoms with Gasteiger partial charge in [-0.25, -0.2) is 4.79 Å². The van der Waals surface area contributed by atoms with Gasteiger partial charge in [-0.05, 0) is 25.1 Å². The molecule has 4 amide bonds. The standard InChI is InChI=1S/C17H20N4O3/c1-19-7-8-21-12-6-4-3-5-11(12)9-17(13(21)10-19)14(22)18-16(24)20(2)15(17)23/h3-6,13H,7-10H2,1-2H3,(H,18,22,24)/t13-,17-/m1/s1. The Morgan fingerprint density at radius 2 is 1.88 bits per heavy atom. The molecule has 0 aliphatic carbocycles. The van der Waals surface area contributed by atoms with E-state index in [1.807, 2.05) is 31.3 Å². The molecule has 0 unspecified atom stereocenters. The second kappa shape index (κ2) is 5.04. The molecule has 2 atom stereocenters. The first-order chi connectivity index (χ1) is 11.4. The Hall–Kier alpha value is -2.41. The van der Waals surface area contributed by atoms with E-state index in [2.05, 4.69) is 15.1 Å². The number of para-hydroxylation sites is 1. The van der Waals surface area contributed by atoms with Crippen LogP contribution in [0.2, 0.25) is 0 Å². The Bertz CT molecular complexity index is 749. The highest BCUT2D eigenvalue weighted by molar-refractivity contribution is 6.20. The second-order valence-corrected chi connectivity index (χ2v) is 6.87. The number of nitrogens with zero attached hydrogens (tertiary/aromatic N) is 3. The molecule has 126 valence electrons. The predicted molar refractivity (Wildman–Crippen MR) is 87.5 cm³/mol. The summed E-state index contributed by atoms with van der Waals surface area (Å²) in [4.78, 5) is 43.2. The summed E-state index contributed by atoms with van der Waals surface area (Å²) in [7, 11) is 3.43. The van der Waals surface area contributed by atoms with Crippen LogP contribution < -0.4 is 10.2 Å². The Morgan fingerprint density at radius 3 is 2.67 bits per heavy atom. The van der Waals surface area contributed by atoms with Crippen molar-refractivity contribution in [2.75, 3.05) is 38.6 Å². The molecule has 1 N–H and O–H groups in total. The van der Waals surface area contributed by atoms with E-state index in [1.165, 1.54) is 7.05 Å². The lowest BCUT2D eigenvalue weighted by Gasteiger charge is -2.54. The second-order valence-electron chi connectivity index (χ2n) is 6.87. The van der Waals surface area contributed by atoms with Crippen LogP contribution in [-0.4, -0.2) is 67.4 Å². The highest BCUT2D eigenvalue weighted by Gasteiger charge is 2.61. The maximum absolute atomic E-state index is 13.1. The first-order valence-corrected chi connectivity index (χ1v) is 8.12. The number of urea groups is 1. The number of likely N-dealkylation sites (N-methyl/N-ethyl adjacent to an activating group) is 1. The molecule has 3 aliphatic heterocycles. The van der Waals surface area contributed by atoms with Gasteiger partial charge in [-0.2, -0.15) is 0 Å². The lowest BCUT2D eigenvalue weighted by Crippen LogP contribution is -2.74. The van der Waals surface area contributed by atoms with Crippen molar-refractivity contribution in [3.8, 4) is 0 Å². The van der Waals surface area contributed by atoms with Gasteiger partial charge in [-0.1, -0.05) is 18.2 Å². The van der Waals surface area contributed by atoms with Gasteiger partial charge < -0.3 is 9.80 Å². The fourth-order valence-corrected chi connectivity index (χ4v) is 4.22. The molecule has 0 aromatic heterocycles. The van der Waals surface area contributed by atoms with Gasteiger partial charge in [0.25, 0.3) is 0 Å². The molecule has 4 rings (SSSR count). The largest absolute Gasteiger partial charge is 0.364 e. The molecule has 0 saturated carbocycles. The number of carbonyl (C=O) groups excluding carboxylic acids is 3. The Balaban J connectivity index is 1.89. The van der Waals surface area contributed by atoms with E-state index in [4.69, 9.17) is 0 Å². The van der Waals surface area contributed by atoms with E-state index in [9.17, 15) is 14.4 Å². The average Bonchev–Trinajstić information content (AvgIpc) is 2.58. The van der Waals surface area contributed by atoms with Crippen LogP contribution in [0.1, 0.15) is 5.56 Å².